The van der Waals surface area contributed by atoms with Gasteiger partial charge in [0, 0.05) is 39.4 Å². The van der Waals surface area contributed by atoms with Crippen LogP contribution in [-0.4, -0.2) is 44.9 Å². The SMILES string of the molecule is CC[C@@H](C)OC(=O)C1C(C)=NC2=C(C(=O)C[C@H](c3ccc(OC)c(OC)c3)C2)[C@@H]1c1cc(Br)ccc1OC. The van der Waals surface area contributed by atoms with Gasteiger partial charge in [-0.2, -0.15) is 0 Å². The van der Waals surface area contributed by atoms with E-state index in [9.17, 15) is 9.59 Å². The molecule has 1 unspecified atom stereocenters. The number of carbonyl (C=O) groups excluding carboxylic acids is 2. The van der Waals surface area contributed by atoms with Crippen LogP contribution in [0.4, 0.5) is 0 Å². The highest BCUT2D eigenvalue weighted by atomic mass is 79.9. The molecule has 0 fully saturated rings. The average Bonchev–Trinajstić information content (AvgIpc) is 2.91. The van der Waals surface area contributed by atoms with Crippen molar-refractivity contribution in [1.82, 2.24) is 0 Å². The minimum atomic E-state index is -0.729. The molecular weight excluding hydrogens is 550 g/mol. The molecule has 4 rings (SSSR count). The maximum atomic E-state index is 13.9. The van der Waals surface area contributed by atoms with Gasteiger partial charge in [-0.25, -0.2) is 0 Å². The summed E-state index contributed by atoms with van der Waals surface area (Å²) in [5, 5.41) is 0. The first-order chi connectivity index (χ1) is 18.2. The van der Waals surface area contributed by atoms with Gasteiger partial charge in [-0.05, 0) is 68.5 Å². The molecule has 2 aromatic rings. The summed E-state index contributed by atoms with van der Waals surface area (Å²) >= 11 is 3.56. The molecule has 2 aromatic carbocycles. The van der Waals surface area contributed by atoms with Crippen molar-refractivity contribution in [2.75, 3.05) is 21.3 Å². The van der Waals surface area contributed by atoms with Gasteiger partial charge in [0.1, 0.15) is 11.7 Å². The van der Waals surface area contributed by atoms with Crippen LogP contribution in [0, 0.1) is 5.92 Å². The number of ether oxygens (including phenoxy) is 4. The molecule has 7 nitrogen and oxygen atoms in total. The second-order valence-corrected chi connectivity index (χ2v) is 10.7. The molecule has 0 spiro atoms. The monoisotopic (exact) mass is 583 g/mol. The van der Waals surface area contributed by atoms with Crippen molar-refractivity contribution in [2.24, 2.45) is 10.9 Å². The molecule has 202 valence electrons. The number of ketones is 1. The molecule has 0 bridgehead atoms. The van der Waals surface area contributed by atoms with Crippen molar-refractivity contribution in [3.63, 3.8) is 0 Å². The van der Waals surface area contributed by atoms with Gasteiger partial charge >= 0.3 is 5.97 Å². The summed E-state index contributed by atoms with van der Waals surface area (Å²) in [4.78, 5) is 32.3. The highest BCUT2D eigenvalue weighted by Crippen LogP contribution is 2.49. The lowest BCUT2D eigenvalue weighted by molar-refractivity contribution is -0.151. The Morgan fingerprint density at radius 2 is 1.71 bits per heavy atom. The lowest BCUT2D eigenvalue weighted by Gasteiger charge is -2.37. The summed E-state index contributed by atoms with van der Waals surface area (Å²) in [5.74, 6) is 0.0733. The predicted octanol–water partition coefficient (Wildman–Crippen LogP) is 6.39. The summed E-state index contributed by atoms with van der Waals surface area (Å²) in [7, 11) is 4.78. The first kappa shape index (κ1) is 27.9. The van der Waals surface area contributed by atoms with Crippen LogP contribution in [0.5, 0.6) is 17.2 Å². The summed E-state index contributed by atoms with van der Waals surface area (Å²) < 4.78 is 23.2. The number of Topliss-reactive ketones (excluding diaryl/α,β-unsaturated/α-hetero) is 1. The standard InChI is InChI=1S/C30H34BrNO6/c1-7-16(2)38-30(34)27-17(3)32-22-12-19(18-8-10-25(36-5)26(14-18)37-6)13-23(33)29(22)28(27)21-15-20(31)9-11-24(21)35-4/h8-11,14-16,19,27-28H,7,12-13H2,1-6H3/t16-,19-,27?,28-/m1/s1. The molecule has 2 aliphatic rings. The molecule has 0 amide bonds. The van der Waals surface area contributed by atoms with E-state index in [4.69, 9.17) is 23.9 Å². The molecular formula is C30H34BrNO6. The Morgan fingerprint density at radius 1 is 1.03 bits per heavy atom. The molecule has 0 saturated carbocycles. The molecule has 1 aliphatic heterocycles. The Balaban J connectivity index is 1.82. The molecule has 0 radical (unpaired) electrons. The molecule has 0 N–H and O–H groups in total. The van der Waals surface area contributed by atoms with Gasteiger partial charge < -0.3 is 18.9 Å². The van der Waals surface area contributed by atoms with Gasteiger partial charge in [-0.1, -0.05) is 28.9 Å². The topological polar surface area (TPSA) is 83.4 Å². The van der Waals surface area contributed by atoms with Gasteiger partial charge in [0.15, 0.2) is 17.3 Å². The number of carbonyl (C=O) groups is 2. The molecule has 38 heavy (non-hydrogen) atoms. The molecule has 4 atom stereocenters. The minimum Gasteiger partial charge on any atom is -0.496 e. The normalized spacial score (nSPS) is 21.8. The first-order valence-corrected chi connectivity index (χ1v) is 13.6. The number of halogens is 1. The number of hydrogen-bond donors (Lipinski definition) is 0. The molecule has 0 saturated heterocycles. The van der Waals surface area contributed by atoms with Gasteiger partial charge in [0.2, 0.25) is 0 Å². The Kier molecular flexibility index (Phi) is 8.61. The van der Waals surface area contributed by atoms with Gasteiger partial charge in [-0.15, -0.1) is 0 Å². The van der Waals surface area contributed by atoms with E-state index in [0.29, 0.717) is 53.5 Å². The molecule has 1 aliphatic carbocycles. The van der Waals surface area contributed by atoms with Crippen LogP contribution < -0.4 is 14.2 Å². The maximum absolute atomic E-state index is 13.9. The van der Waals surface area contributed by atoms with Gasteiger partial charge in [-0.3, -0.25) is 14.6 Å². The summed E-state index contributed by atoms with van der Waals surface area (Å²) in [6, 6.07) is 11.4. The third kappa shape index (κ3) is 5.37. The fourth-order valence-corrected chi connectivity index (χ4v) is 5.73. The number of benzene rings is 2. The van der Waals surface area contributed by atoms with Crippen LogP contribution >= 0.6 is 15.9 Å². The third-order valence-corrected chi connectivity index (χ3v) is 7.93. The van der Waals surface area contributed by atoms with E-state index in [-0.39, 0.29) is 23.8 Å². The average molecular weight is 585 g/mol. The van der Waals surface area contributed by atoms with E-state index in [2.05, 4.69) is 15.9 Å². The molecule has 0 aromatic heterocycles. The van der Waals surface area contributed by atoms with Crippen LogP contribution in [0.25, 0.3) is 0 Å². The van der Waals surface area contributed by atoms with Crippen molar-refractivity contribution >= 4 is 33.4 Å². The maximum Gasteiger partial charge on any atom is 0.315 e. The quantitative estimate of drug-likeness (QED) is 0.335. The zero-order chi connectivity index (χ0) is 27.6. The van der Waals surface area contributed by atoms with Gasteiger partial charge in [0.25, 0.3) is 0 Å². The van der Waals surface area contributed by atoms with E-state index in [1.165, 1.54) is 0 Å². The van der Waals surface area contributed by atoms with Crippen molar-refractivity contribution in [2.45, 2.75) is 58.0 Å². The largest absolute Gasteiger partial charge is 0.496 e. The lowest BCUT2D eigenvalue weighted by atomic mass is 9.69. The zero-order valence-electron chi connectivity index (χ0n) is 22.7. The Morgan fingerprint density at radius 3 is 2.37 bits per heavy atom. The predicted molar refractivity (Wildman–Crippen MR) is 149 cm³/mol. The minimum absolute atomic E-state index is 0.0318. The van der Waals surface area contributed by atoms with E-state index in [1.807, 2.05) is 57.2 Å². The molecule has 8 heteroatoms. The van der Waals surface area contributed by atoms with Crippen LogP contribution in [0.15, 0.2) is 57.1 Å². The molecule has 1 heterocycles. The van der Waals surface area contributed by atoms with Crippen molar-refractivity contribution in [1.29, 1.82) is 0 Å². The number of esters is 1. The highest BCUT2D eigenvalue weighted by Gasteiger charge is 2.46. The van der Waals surface area contributed by atoms with Crippen molar-refractivity contribution in [3.8, 4) is 17.2 Å². The van der Waals surface area contributed by atoms with Crippen LogP contribution in [0.2, 0.25) is 0 Å². The fourth-order valence-electron chi connectivity index (χ4n) is 5.35. The van der Waals surface area contributed by atoms with Crippen molar-refractivity contribution < 1.29 is 28.5 Å². The zero-order valence-corrected chi connectivity index (χ0v) is 24.3. The van der Waals surface area contributed by atoms with Gasteiger partial charge in [0.05, 0.1) is 27.4 Å². The van der Waals surface area contributed by atoms with E-state index in [1.54, 1.807) is 21.3 Å². The second kappa shape index (κ2) is 11.7. The van der Waals surface area contributed by atoms with E-state index >= 15 is 0 Å². The van der Waals surface area contributed by atoms with Crippen LogP contribution in [0.3, 0.4) is 0 Å². The highest BCUT2D eigenvalue weighted by molar-refractivity contribution is 9.10. The summed E-state index contributed by atoms with van der Waals surface area (Å²) in [6.45, 7) is 5.68. The Labute approximate surface area is 232 Å². The third-order valence-electron chi connectivity index (χ3n) is 7.44. The van der Waals surface area contributed by atoms with Crippen LogP contribution in [-0.2, 0) is 14.3 Å². The van der Waals surface area contributed by atoms with Crippen molar-refractivity contribution in [3.05, 3.63) is 63.3 Å². The van der Waals surface area contributed by atoms with Crippen LogP contribution in [0.1, 0.15) is 63.0 Å². The smallest absolute Gasteiger partial charge is 0.315 e. The Hall–Kier alpha value is -3.13. The van der Waals surface area contributed by atoms with E-state index < -0.39 is 11.8 Å². The number of rotatable bonds is 8. The lowest BCUT2D eigenvalue weighted by Crippen LogP contribution is -2.39. The summed E-state index contributed by atoms with van der Waals surface area (Å²) in [6.07, 6.45) is 1.31. The first-order valence-electron chi connectivity index (χ1n) is 12.8. The number of aliphatic imine (C=N–C) groups is 1. The summed E-state index contributed by atoms with van der Waals surface area (Å²) in [5.41, 5.74) is 3.63. The number of hydrogen-bond acceptors (Lipinski definition) is 7. The number of nitrogens with zero attached hydrogens (tertiary/aromatic N) is 1. The number of methoxy groups -OCH3 is 3. The number of allylic oxidation sites excluding steroid dienone is 2. The fraction of sp³-hybridized carbons (Fsp3) is 0.433. The Bertz CT molecular complexity index is 1300. The van der Waals surface area contributed by atoms with E-state index in [0.717, 1.165) is 15.6 Å². The second-order valence-electron chi connectivity index (χ2n) is 9.75.